The average Bonchev–Trinajstić information content (AvgIpc) is 2.37. The van der Waals surface area contributed by atoms with Gasteiger partial charge < -0.3 is 10.1 Å². The van der Waals surface area contributed by atoms with E-state index in [-0.39, 0.29) is 6.10 Å². The first-order valence-corrected chi connectivity index (χ1v) is 8.29. The molecule has 4 heteroatoms. The molecule has 0 saturated heterocycles. The Morgan fingerprint density at radius 3 is 2.86 bits per heavy atom. The summed E-state index contributed by atoms with van der Waals surface area (Å²) >= 11 is 6.19. The van der Waals surface area contributed by atoms with Gasteiger partial charge in [0.15, 0.2) is 0 Å². The topological polar surface area (TPSA) is 34.1 Å². The molecular weight excluding hydrogens is 284 g/mol. The number of rotatable bonds is 5. The van der Waals surface area contributed by atoms with Gasteiger partial charge in [-0.15, -0.1) is 0 Å². The molecule has 1 heterocycles. The summed E-state index contributed by atoms with van der Waals surface area (Å²) in [6.07, 6.45) is 5.41. The second-order valence-corrected chi connectivity index (χ2v) is 7.45. The Kier molecular flexibility index (Phi) is 5.50. The summed E-state index contributed by atoms with van der Waals surface area (Å²) in [6.45, 7) is 10.7. The normalized spacial score (nSPS) is 24.8. The number of hydrogen-bond acceptors (Lipinski definition) is 3. The maximum atomic E-state index is 6.19. The molecule has 118 valence electrons. The van der Waals surface area contributed by atoms with Crippen LogP contribution in [0.3, 0.4) is 0 Å². The molecule has 2 atom stereocenters. The van der Waals surface area contributed by atoms with Crippen LogP contribution in [0, 0.1) is 11.3 Å². The van der Waals surface area contributed by atoms with Gasteiger partial charge in [0.1, 0.15) is 6.10 Å². The summed E-state index contributed by atoms with van der Waals surface area (Å²) in [4.78, 5) is 4.33. The van der Waals surface area contributed by atoms with E-state index in [9.17, 15) is 0 Å². The van der Waals surface area contributed by atoms with E-state index in [4.69, 9.17) is 16.3 Å². The first kappa shape index (κ1) is 16.6. The van der Waals surface area contributed by atoms with Crippen molar-refractivity contribution in [2.24, 2.45) is 11.3 Å². The van der Waals surface area contributed by atoms with E-state index in [1.807, 2.05) is 6.07 Å². The Labute approximate surface area is 133 Å². The van der Waals surface area contributed by atoms with Gasteiger partial charge in [-0.3, -0.25) is 0 Å². The zero-order chi connectivity index (χ0) is 15.5. The van der Waals surface area contributed by atoms with Crippen LogP contribution in [0.25, 0.3) is 0 Å². The maximum Gasteiger partial charge on any atom is 0.213 e. The van der Waals surface area contributed by atoms with Crippen LogP contribution in [-0.2, 0) is 6.54 Å². The second-order valence-electron chi connectivity index (χ2n) is 7.05. The number of ether oxygens (including phenoxy) is 1. The second kappa shape index (κ2) is 6.97. The van der Waals surface area contributed by atoms with Crippen molar-refractivity contribution in [1.82, 2.24) is 10.3 Å². The molecule has 1 N–H and O–H groups in total. The Hall–Kier alpha value is -0.800. The van der Waals surface area contributed by atoms with Crippen LogP contribution in [0.15, 0.2) is 12.3 Å². The van der Waals surface area contributed by atoms with Crippen molar-refractivity contribution in [1.29, 1.82) is 0 Å². The fourth-order valence-corrected chi connectivity index (χ4v) is 3.61. The Bertz CT molecular complexity index is 476. The van der Waals surface area contributed by atoms with Gasteiger partial charge in [-0.25, -0.2) is 4.98 Å². The van der Waals surface area contributed by atoms with Crippen molar-refractivity contribution < 1.29 is 4.74 Å². The molecule has 1 fully saturated rings. The molecular formula is C17H27ClN2O. The van der Waals surface area contributed by atoms with E-state index in [0.29, 0.717) is 22.2 Å². The van der Waals surface area contributed by atoms with Gasteiger partial charge >= 0.3 is 0 Å². The minimum Gasteiger partial charge on any atom is -0.474 e. The standard InChI is InChI=1S/C17H27ClN2O/c1-5-19-10-13-7-16(20-11-15(13)18)21-14-6-12(2)8-17(3,4)9-14/h7,11-12,14,19H,5-6,8-10H2,1-4H3. The van der Waals surface area contributed by atoms with Crippen molar-refractivity contribution in [3.8, 4) is 5.88 Å². The van der Waals surface area contributed by atoms with Crippen molar-refractivity contribution in [2.75, 3.05) is 6.54 Å². The predicted molar refractivity (Wildman–Crippen MR) is 87.8 cm³/mol. The van der Waals surface area contributed by atoms with Crippen LogP contribution in [0.2, 0.25) is 5.02 Å². The summed E-state index contributed by atoms with van der Waals surface area (Å²) < 4.78 is 6.14. The number of nitrogens with one attached hydrogen (secondary N) is 1. The van der Waals surface area contributed by atoms with Crippen molar-refractivity contribution in [3.63, 3.8) is 0 Å². The molecule has 0 radical (unpaired) electrons. The lowest BCUT2D eigenvalue weighted by Crippen LogP contribution is -2.34. The largest absolute Gasteiger partial charge is 0.474 e. The molecule has 0 amide bonds. The Morgan fingerprint density at radius 1 is 1.43 bits per heavy atom. The molecule has 1 aliphatic carbocycles. The van der Waals surface area contributed by atoms with Crippen LogP contribution in [-0.4, -0.2) is 17.6 Å². The van der Waals surface area contributed by atoms with Crippen molar-refractivity contribution in [3.05, 3.63) is 22.8 Å². The molecule has 0 bridgehead atoms. The lowest BCUT2D eigenvalue weighted by atomic mass is 9.71. The van der Waals surface area contributed by atoms with Crippen molar-refractivity contribution in [2.45, 2.75) is 59.6 Å². The Balaban J connectivity index is 2.05. The van der Waals surface area contributed by atoms with Gasteiger partial charge in [-0.05, 0) is 42.7 Å². The third kappa shape index (κ3) is 4.86. The number of halogens is 1. The predicted octanol–water partition coefficient (Wildman–Crippen LogP) is 4.44. The summed E-state index contributed by atoms with van der Waals surface area (Å²) in [5.74, 6) is 1.40. The average molecular weight is 311 g/mol. The van der Waals surface area contributed by atoms with Gasteiger partial charge in [0.25, 0.3) is 0 Å². The van der Waals surface area contributed by atoms with Gasteiger partial charge in [-0.2, -0.15) is 0 Å². The number of nitrogens with zero attached hydrogens (tertiary/aromatic N) is 1. The van der Waals surface area contributed by atoms with E-state index in [0.717, 1.165) is 31.5 Å². The summed E-state index contributed by atoms with van der Waals surface area (Å²) in [6, 6.07) is 1.97. The SMILES string of the molecule is CCNCc1cc(OC2CC(C)CC(C)(C)C2)ncc1Cl. The van der Waals surface area contributed by atoms with Gasteiger partial charge in [-0.1, -0.05) is 39.3 Å². The molecule has 1 saturated carbocycles. The molecule has 0 spiro atoms. The van der Waals surface area contributed by atoms with Gasteiger partial charge in [0.2, 0.25) is 5.88 Å². The molecule has 1 aromatic rings. The number of pyridine rings is 1. The highest BCUT2D eigenvalue weighted by molar-refractivity contribution is 6.31. The highest BCUT2D eigenvalue weighted by Crippen LogP contribution is 2.39. The third-order valence-electron chi connectivity index (χ3n) is 4.11. The van der Waals surface area contributed by atoms with Crippen LogP contribution in [0.4, 0.5) is 0 Å². The van der Waals surface area contributed by atoms with E-state index in [2.05, 4.69) is 38.0 Å². The molecule has 3 nitrogen and oxygen atoms in total. The Morgan fingerprint density at radius 2 is 2.19 bits per heavy atom. The minimum absolute atomic E-state index is 0.254. The number of hydrogen-bond donors (Lipinski definition) is 1. The first-order valence-electron chi connectivity index (χ1n) is 7.91. The van der Waals surface area contributed by atoms with Crippen molar-refractivity contribution >= 4 is 11.6 Å². The zero-order valence-electron chi connectivity index (χ0n) is 13.6. The zero-order valence-corrected chi connectivity index (χ0v) is 14.3. The van der Waals surface area contributed by atoms with Crippen LogP contribution in [0.1, 0.15) is 52.5 Å². The molecule has 21 heavy (non-hydrogen) atoms. The molecule has 0 aliphatic heterocycles. The smallest absolute Gasteiger partial charge is 0.213 e. The molecule has 2 rings (SSSR count). The third-order valence-corrected chi connectivity index (χ3v) is 4.45. The van der Waals surface area contributed by atoms with Crippen LogP contribution in [0.5, 0.6) is 5.88 Å². The van der Waals surface area contributed by atoms with E-state index < -0.39 is 0 Å². The summed E-state index contributed by atoms with van der Waals surface area (Å²) in [5.41, 5.74) is 1.40. The van der Waals surface area contributed by atoms with Gasteiger partial charge in [0.05, 0.1) is 5.02 Å². The summed E-state index contributed by atoms with van der Waals surface area (Å²) in [7, 11) is 0. The fourth-order valence-electron chi connectivity index (χ4n) is 3.44. The van der Waals surface area contributed by atoms with Crippen LogP contribution >= 0.6 is 11.6 Å². The highest BCUT2D eigenvalue weighted by Gasteiger charge is 2.33. The molecule has 1 aromatic heterocycles. The maximum absolute atomic E-state index is 6.19. The molecule has 1 aliphatic rings. The minimum atomic E-state index is 0.254. The van der Waals surface area contributed by atoms with E-state index in [1.54, 1.807) is 6.20 Å². The lowest BCUT2D eigenvalue weighted by Gasteiger charge is -2.38. The monoisotopic (exact) mass is 310 g/mol. The van der Waals surface area contributed by atoms with E-state index in [1.165, 1.54) is 6.42 Å². The lowest BCUT2D eigenvalue weighted by molar-refractivity contribution is 0.0532. The quantitative estimate of drug-likeness (QED) is 0.873. The number of aromatic nitrogens is 1. The van der Waals surface area contributed by atoms with Gasteiger partial charge in [0, 0.05) is 18.8 Å². The summed E-state index contributed by atoms with van der Waals surface area (Å²) in [5, 5.41) is 3.98. The first-order chi connectivity index (χ1) is 9.89. The fraction of sp³-hybridized carbons (Fsp3) is 0.706. The molecule has 0 aromatic carbocycles. The molecule has 2 unspecified atom stereocenters. The van der Waals surface area contributed by atoms with Crippen LogP contribution < -0.4 is 10.1 Å². The van der Waals surface area contributed by atoms with E-state index >= 15 is 0 Å². The highest BCUT2D eigenvalue weighted by atomic mass is 35.5.